The summed E-state index contributed by atoms with van der Waals surface area (Å²) < 4.78 is 29.3. The molecule has 0 fully saturated rings. The largest absolute Gasteiger partial charge is 0.489 e. The minimum absolute atomic E-state index is 0.0591. The molecule has 5 rings (SSSR count). The lowest BCUT2D eigenvalue weighted by atomic mass is 9.98. The van der Waals surface area contributed by atoms with Crippen LogP contribution in [0.5, 0.6) is 5.75 Å². The molecule has 6 nitrogen and oxygen atoms in total. The maximum atomic E-state index is 11.7. The molecule has 36 heavy (non-hydrogen) atoms. The van der Waals surface area contributed by atoms with E-state index in [1.54, 1.807) is 12.1 Å². The fourth-order valence-corrected chi connectivity index (χ4v) is 4.78. The van der Waals surface area contributed by atoms with Gasteiger partial charge in [-0.15, -0.1) is 0 Å². The van der Waals surface area contributed by atoms with Gasteiger partial charge in [0.05, 0.1) is 22.3 Å². The summed E-state index contributed by atoms with van der Waals surface area (Å²) in [6.45, 7) is 0.502. The van der Waals surface area contributed by atoms with E-state index in [9.17, 15) is 8.42 Å². The van der Waals surface area contributed by atoms with Gasteiger partial charge in [0, 0.05) is 11.4 Å². The molecule has 0 aliphatic carbocycles. The standard InChI is InChI=1S/C28H24ClN3O3S/c29-23-10-6-22(7-11-23)28-18-27(31-32(28)24-12-16-26(17-13-24)36(30,33)34)21-8-14-25(15-9-21)35-19-20-4-2-1-3-5-20/h1-17,28H,18-19H2,(H2,30,33,34). The number of hydrazone groups is 1. The van der Waals surface area contributed by atoms with Crippen molar-refractivity contribution in [3.8, 4) is 5.75 Å². The van der Waals surface area contributed by atoms with E-state index in [0.29, 0.717) is 18.1 Å². The topological polar surface area (TPSA) is 85.0 Å². The molecule has 1 aliphatic heterocycles. The summed E-state index contributed by atoms with van der Waals surface area (Å²) in [7, 11) is -3.77. The first kappa shape index (κ1) is 24.1. The molecule has 0 aromatic heterocycles. The molecule has 4 aromatic carbocycles. The Labute approximate surface area is 215 Å². The molecule has 0 saturated heterocycles. The maximum Gasteiger partial charge on any atom is 0.238 e. The van der Waals surface area contributed by atoms with Gasteiger partial charge in [-0.2, -0.15) is 5.10 Å². The van der Waals surface area contributed by atoms with Crippen LogP contribution in [0.1, 0.15) is 29.2 Å². The zero-order chi connectivity index (χ0) is 25.1. The van der Waals surface area contributed by atoms with Crippen LogP contribution < -0.4 is 14.9 Å². The molecular formula is C28H24ClN3O3S. The molecule has 8 heteroatoms. The summed E-state index contributed by atoms with van der Waals surface area (Å²) in [4.78, 5) is 0.0591. The number of hydrogen-bond acceptors (Lipinski definition) is 5. The van der Waals surface area contributed by atoms with Gasteiger partial charge in [0.15, 0.2) is 0 Å². The zero-order valence-electron chi connectivity index (χ0n) is 19.3. The highest BCUT2D eigenvalue weighted by Gasteiger charge is 2.30. The number of primary sulfonamides is 1. The van der Waals surface area contributed by atoms with Crippen LogP contribution in [0.3, 0.4) is 0 Å². The second-order valence-electron chi connectivity index (χ2n) is 8.50. The molecular weight excluding hydrogens is 494 g/mol. The Kier molecular flexibility index (Phi) is 6.78. The molecule has 0 bridgehead atoms. The first-order valence-corrected chi connectivity index (χ1v) is 13.3. The SMILES string of the molecule is NS(=O)(=O)c1ccc(N2N=C(c3ccc(OCc4ccccc4)cc3)CC2c2ccc(Cl)cc2)cc1. The summed E-state index contributed by atoms with van der Waals surface area (Å²) in [6.07, 6.45) is 0.669. The number of hydrogen-bond donors (Lipinski definition) is 1. The van der Waals surface area contributed by atoms with Crippen LogP contribution in [0, 0.1) is 0 Å². The average Bonchev–Trinajstić information content (AvgIpc) is 3.34. The minimum Gasteiger partial charge on any atom is -0.489 e. The summed E-state index contributed by atoms with van der Waals surface area (Å²) >= 11 is 6.11. The highest BCUT2D eigenvalue weighted by molar-refractivity contribution is 7.89. The Hall–Kier alpha value is -3.65. The number of benzene rings is 4. The first-order valence-electron chi connectivity index (χ1n) is 11.4. The van der Waals surface area contributed by atoms with Crippen molar-refractivity contribution in [1.29, 1.82) is 0 Å². The number of sulfonamides is 1. The quantitative estimate of drug-likeness (QED) is 0.329. The van der Waals surface area contributed by atoms with E-state index in [4.69, 9.17) is 26.6 Å². The lowest BCUT2D eigenvalue weighted by Gasteiger charge is -2.24. The Morgan fingerprint density at radius 3 is 2.19 bits per heavy atom. The number of nitrogens with zero attached hydrogens (tertiary/aromatic N) is 2. The Bertz CT molecular complexity index is 1470. The van der Waals surface area contributed by atoms with Crippen molar-refractivity contribution in [2.45, 2.75) is 24.0 Å². The van der Waals surface area contributed by atoms with Crippen LogP contribution in [0.15, 0.2) is 113 Å². The van der Waals surface area contributed by atoms with Crippen LogP contribution in [-0.4, -0.2) is 14.1 Å². The lowest BCUT2D eigenvalue weighted by molar-refractivity contribution is 0.306. The number of nitrogens with two attached hydrogens (primary N) is 1. The molecule has 0 saturated carbocycles. The second-order valence-corrected chi connectivity index (χ2v) is 10.5. The Morgan fingerprint density at radius 1 is 0.889 bits per heavy atom. The third-order valence-corrected chi connectivity index (χ3v) is 7.21. The van der Waals surface area contributed by atoms with Crippen LogP contribution >= 0.6 is 11.6 Å². The fraction of sp³-hybridized carbons (Fsp3) is 0.107. The van der Waals surface area contributed by atoms with Crippen molar-refractivity contribution in [2.75, 3.05) is 5.01 Å². The number of halogens is 1. The molecule has 2 N–H and O–H groups in total. The monoisotopic (exact) mass is 517 g/mol. The highest BCUT2D eigenvalue weighted by Crippen LogP contribution is 2.37. The number of rotatable bonds is 7. The van der Waals surface area contributed by atoms with Gasteiger partial charge in [-0.05, 0) is 77.4 Å². The average molecular weight is 518 g/mol. The fourth-order valence-electron chi connectivity index (χ4n) is 4.14. The third kappa shape index (κ3) is 5.44. The molecule has 4 aromatic rings. The van der Waals surface area contributed by atoms with Gasteiger partial charge in [0.1, 0.15) is 12.4 Å². The van der Waals surface area contributed by atoms with Gasteiger partial charge < -0.3 is 4.74 Å². The van der Waals surface area contributed by atoms with Crippen LogP contribution in [0.4, 0.5) is 5.69 Å². The maximum absolute atomic E-state index is 11.7. The Morgan fingerprint density at radius 2 is 1.56 bits per heavy atom. The van der Waals surface area contributed by atoms with E-state index in [1.165, 1.54) is 12.1 Å². The number of anilines is 1. The van der Waals surface area contributed by atoms with Crippen LogP contribution in [-0.2, 0) is 16.6 Å². The van der Waals surface area contributed by atoms with Gasteiger partial charge in [-0.3, -0.25) is 5.01 Å². The molecule has 1 unspecified atom stereocenters. The van der Waals surface area contributed by atoms with Gasteiger partial charge in [0.25, 0.3) is 0 Å². The third-order valence-electron chi connectivity index (χ3n) is 6.03. The zero-order valence-corrected chi connectivity index (χ0v) is 20.9. The van der Waals surface area contributed by atoms with Crippen molar-refractivity contribution in [3.05, 3.63) is 125 Å². The van der Waals surface area contributed by atoms with E-state index in [0.717, 1.165) is 33.8 Å². The highest BCUT2D eigenvalue weighted by atomic mass is 35.5. The van der Waals surface area contributed by atoms with Crippen molar-refractivity contribution in [1.82, 2.24) is 0 Å². The summed E-state index contributed by atoms with van der Waals surface area (Å²) in [5, 5.41) is 12.8. The second kappa shape index (κ2) is 10.1. The van der Waals surface area contributed by atoms with Crippen molar-refractivity contribution in [3.63, 3.8) is 0 Å². The van der Waals surface area contributed by atoms with Gasteiger partial charge in [-0.1, -0.05) is 54.1 Å². The van der Waals surface area contributed by atoms with Gasteiger partial charge in [-0.25, -0.2) is 13.6 Å². The van der Waals surface area contributed by atoms with Crippen molar-refractivity contribution < 1.29 is 13.2 Å². The van der Waals surface area contributed by atoms with E-state index in [1.807, 2.05) is 83.9 Å². The molecule has 0 radical (unpaired) electrons. The van der Waals surface area contributed by atoms with Crippen LogP contribution in [0.2, 0.25) is 5.02 Å². The van der Waals surface area contributed by atoms with E-state index in [-0.39, 0.29) is 10.9 Å². The van der Waals surface area contributed by atoms with Crippen LogP contribution in [0.25, 0.3) is 0 Å². The minimum atomic E-state index is -3.77. The predicted molar refractivity (Wildman–Crippen MR) is 143 cm³/mol. The summed E-state index contributed by atoms with van der Waals surface area (Å²) in [5.74, 6) is 0.783. The summed E-state index contributed by atoms with van der Waals surface area (Å²) in [6, 6.07) is 32.0. The van der Waals surface area contributed by atoms with Crippen molar-refractivity contribution >= 4 is 33.0 Å². The molecule has 1 heterocycles. The first-order chi connectivity index (χ1) is 17.4. The molecule has 182 valence electrons. The Balaban J connectivity index is 1.40. The molecule has 1 atom stereocenters. The smallest absolute Gasteiger partial charge is 0.238 e. The summed E-state index contributed by atoms with van der Waals surface area (Å²) in [5.41, 5.74) is 4.83. The molecule has 1 aliphatic rings. The van der Waals surface area contributed by atoms with E-state index < -0.39 is 10.0 Å². The lowest BCUT2D eigenvalue weighted by Crippen LogP contribution is -2.19. The van der Waals surface area contributed by atoms with Gasteiger partial charge in [0.2, 0.25) is 10.0 Å². The van der Waals surface area contributed by atoms with E-state index in [2.05, 4.69) is 0 Å². The normalized spacial score (nSPS) is 15.6. The van der Waals surface area contributed by atoms with Crippen molar-refractivity contribution in [2.24, 2.45) is 10.2 Å². The van der Waals surface area contributed by atoms with Gasteiger partial charge >= 0.3 is 0 Å². The number of ether oxygens (including phenoxy) is 1. The predicted octanol–water partition coefficient (Wildman–Crippen LogP) is 5.92. The van der Waals surface area contributed by atoms with E-state index >= 15 is 0 Å². The molecule has 0 amide bonds. The molecule has 0 spiro atoms.